The van der Waals surface area contributed by atoms with Gasteiger partial charge in [0.1, 0.15) is 11.6 Å². The molecule has 4 nitrogen and oxygen atoms in total. The molecule has 6 heteroatoms. The van der Waals surface area contributed by atoms with Crippen LogP contribution in [0.4, 0.5) is 8.78 Å². The second-order valence-corrected chi connectivity index (χ2v) is 9.65. The van der Waals surface area contributed by atoms with E-state index in [2.05, 4.69) is 29.7 Å². The van der Waals surface area contributed by atoms with Gasteiger partial charge in [-0.2, -0.15) is 0 Å². The van der Waals surface area contributed by atoms with E-state index in [1.165, 1.54) is 29.8 Å². The van der Waals surface area contributed by atoms with E-state index in [-0.39, 0.29) is 29.6 Å². The molecule has 0 spiro atoms. The third-order valence-corrected chi connectivity index (χ3v) is 7.00. The number of piperidine rings is 1. The highest BCUT2D eigenvalue weighted by Gasteiger charge is 2.34. The molecule has 0 radical (unpaired) electrons. The maximum Gasteiger partial charge on any atom is 0.240 e. The normalized spacial score (nSPS) is 19.9. The molecule has 0 N–H and O–H groups in total. The average Bonchev–Trinajstić information content (AvgIpc) is 2.85. The van der Waals surface area contributed by atoms with Gasteiger partial charge in [0.25, 0.3) is 0 Å². The van der Waals surface area contributed by atoms with Gasteiger partial charge in [-0.1, -0.05) is 42.3 Å². The molecule has 0 saturated carbocycles. The Morgan fingerprint density at radius 3 is 1.97 bits per heavy atom. The largest absolute Gasteiger partial charge is 0.339 e. The summed E-state index contributed by atoms with van der Waals surface area (Å²) in [6, 6.07) is 12.9. The van der Waals surface area contributed by atoms with Gasteiger partial charge in [0.15, 0.2) is 0 Å². The molecular weight excluding hydrogens is 432 g/mol. The molecule has 0 bridgehead atoms. The SMILES string of the molecule is CC(C)=CCN1CCCC[C@H]1C(=O)N1CCN(C(c2ccc(F)cc2)c2ccc(F)cc2)CC1. The van der Waals surface area contributed by atoms with Gasteiger partial charge in [0.05, 0.1) is 12.1 Å². The van der Waals surface area contributed by atoms with Gasteiger partial charge >= 0.3 is 0 Å². The van der Waals surface area contributed by atoms with Crippen molar-refractivity contribution in [3.63, 3.8) is 0 Å². The summed E-state index contributed by atoms with van der Waals surface area (Å²) >= 11 is 0. The molecule has 0 unspecified atom stereocenters. The number of carbonyl (C=O) groups excluding carboxylic acids is 1. The zero-order valence-electron chi connectivity index (χ0n) is 20.2. The van der Waals surface area contributed by atoms with E-state index in [0.29, 0.717) is 26.2 Å². The van der Waals surface area contributed by atoms with Crippen LogP contribution in [0.3, 0.4) is 0 Å². The van der Waals surface area contributed by atoms with E-state index in [4.69, 9.17) is 0 Å². The summed E-state index contributed by atoms with van der Waals surface area (Å²) in [6.45, 7) is 8.73. The zero-order valence-corrected chi connectivity index (χ0v) is 20.2. The Hall–Kier alpha value is -2.57. The second kappa shape index (κ2) is 11.2. The van der Waals surface area contributed by atoms with Crippen LogP contribution in [0.25, 0.3) is 0 Å². The molecule has 1 amide bonds. The first-order valence-electron chi connectivity index (χ1n) is 12.3. The maximum atomic E-state index is 13.6. The Morgan fingerprint density at radius 2 is 1.44 bits per heavy atom. The molecule has 2 saturated heterocycles. The van der Waals surface area contributed by atoms with Crippen molar-refractivity contribution in [1.29, 1.82) is 0 Å². The lowest BCUT2D eigenvalue weighted by Crippen LogP contribution is -2.56. The molecule has 2 aromatic carbocycles. The first-order chi connectivity index (χ1) is 16.4. The summed E-state index contributed by atoms with van der Waals surface area (Å²) < 4.78 is 27.2. The molecule has 0 aliphatic carbocycles. The van der Waals surface area contributed by atoms with Gasteiger partial charge in [-0.05, 0) is 68.6 Å². The van der Waals surface area contributed by atoms with Crippen LogP contribution < -0.4 is 0 Å². The first-order valence-corrected chi connectivity index (χ1v) is 12.3. The van der Waals surface area contributed by atoms with Gasteiger partial charge in [-0.25, -0.2) is 8.78 Å². The fraction of sp³-hybridized carbons (Fsp3) is 0.464. The van der Waals surface area contributed by atoms with E-state index in [1.54, 1.807) is 24.3 Å². The molecule has 2 aliphatic heterocycles. The molecule has 182 valence electrons. The Kier molecular flexibility index (Phi) is 8.11. The van der Waals surface area contributed by atoms with Crippen LogP contribution in [-0.4, -0.2) is 65.9 Å². The van der Waals surface area contributed by atoms with Crippen LogP contribution in [0.5, 0.6) is 0 Å². The summed E-state index contributed by atoms with van der Waals surface area (Å²) in [6.07, 6.45) is 5.37. The summed E-state index contributed by atoms with van der Waals surface area (Å²) in [4.78, 5) is 20.1. The van der Waals surface area contributed by atoms with Crippen LogP contribution >= 0.6 is 0 Å². The first kappa shape index (κ1) is 24.6. The molecular formula is C28H35F2N3O. The van der Waals surface area contributed by atoms with E-state index < -0.39 is 0 Å². The van der Waals surface area contributed by atoms with Crippen LogP contribution in [0.1, 0.15) is 50.3 Å². The van der Waals surface area contributed by atoms with Crippen molar-refractivity contribution in [3.05, 3.63) is 82.9 Å². The predicted molar refractivity (Wildman–Crippen MR) is 131 cm³/mol. The standard InChI is InChI=1S/C28H35F2N3O/c1-21(2)14-16-31-15-4-3-5-26(31)28(34)33-19-17-32(18-20-33)27(22-6-10-24(29)11-7-22)23-8-12-25(30)13-9-23/h6-14,26-27H,3-5,15-20H2,1-2H3/t26-/m0/s1. The van der Waals surface area contributed by atoms with Gasteiger partial charge < -0.3 is 4.90 Å². The molecule has 2 aliphatic rings. The monoisotopic (exact) mass is 467 g/mol. The van der Waals surface area contributed by atoms with Crippen LogP contribution in [-0.2, 0) is 4.79 Å². The highest BCUT2D eigenvalue weighted by Crippen LogP contribution is 2.30. The molecule has 2 aromatic rings. The van der Waals surface area contributed by atoms with Gasteiger partial charge in [0, 0.05) is 32.7 Å². The number of benzene rings is 2. The van der Waals surface area contributed by atoms with Crippen LogP contribution in [0.15, 0.2) is 60.2 Å². The minimum atomic E-state index is -0.276. The van der Waals surface area contributed by atoms with Crippen LogP contribution in [0, 0.1) is 11.6 Å². The lowest BCUT2D eigenvalue weighted by molar-refractivity contribution is -0.140. The third kappa shape index (κ3) is 5.91. The minimum Gasteiger partial charge on any atom is -0.339 e. The number of halogens is 2. The number of rotatable bonds is 6. The Balaban J connectivity index is 1.46. The Labute approximate surface area is 201 Å². The van der Waals surface area contributed by atoms with Crippen molar-refractivity contribution in [2.24, 2.45) is 0 Å². The smallest absolute Gasteiger partial charge is 0.240 e. The molecule has 0 aromatic heterocycles. The minimum absolute atomic E-state index is 0.0408. The number of hydrogen-bond acceptors (Lipinski definition) is 3. The Bertz CT molecular complexity index is 932. The number of amides is 1. The predicted octanol–water partition coefficient (Wildman–Crippen LogP) is 5.02. The van der Waals surface area contributed by atoms with E-state index >= 15 is 0 Å². The van der Waals surface area contributed by atoms with Crippen molar-refractivity contribution < 1.29 is 13.6 Å². The molecule has 2 fully saturated rings. The molecule has 1 atom stereocenters. The summed E-state index contributed by atoms with van der Waals surface area (Å²) in [5, 5.41) is 0. The summed E-state index contributed by atoms with van der Waals surface area (Å²) in [7, 11) is 0. The zero-order chi connectivity index (χ0) is 24.1. The fourth-order valence-corrected chi connectivity index (χ4v) is 5.10. The Morgan fingerprint density at radius 1 is 0.882 bits per heavy atom. The number of carbonyl (C=O) groups is 1. The number of piperazine rings is 1. The van der Waals surface area contributed by atoms with Crippen molar-refractivity contribution >= 4 is 5.91 Å². The van der Waals surface area contributed by atoms with Crippen molar-refractivity contribution in [2.75, 3.05) is 39.3 Å². The topological polar surface area (TPSA) is 26.8 Å². The molecule has 4 rings (SSSR count). The molecule has 2 heterocycles. The highest BCUT2D eigenvalue weighted by molar-refractivity contribution is 5.82. The lowest BCUT2D eigenvalue weighted by Gasteiger charge is -2.43. The quantitative estimate of drug-likeness (QED) is 0.558. The third-order valence-electron chi connectivity index (χ3n) is 7.00. The average molecular weight is 468 g/mol. The van der Waals surface area contributed by atoms with E-state index in [0.717, 1.165) is 43.5 Å². The number of allylic oxidation sites excluding steroid dienone is 1. The summed E-state index contributed by atoms with van der Waals surface area (Å²) in [5.74, 6) is -0.314. The highest BCUT2D eigenvalue weighted by atomic mass is 19.1. The maximum absolute atomic E-state index is 13.6. The van der Waals surface area contributed by atoms with Crippen LogP contribution in [0.2, 0.25) is 0 Å². The van der Waals surface area contributed by atoms with E-state index in [9.17, 15) is 13.6 Å². The van der Waals surface area contributed by atoms with Crippen molar-refractivity contribution in [3.8, 4) is 0 Å². The fourth-order valence-electron chi connectivity index (χ4n) is 5.10. The number of likely N-dealkylation sites (tertiary alicyclic amines) is 1. The summed E-state index contributed by atoms with van der Waals surface area (Å²) in [5.41, 5.74) is 3.21. The van der Waals surface area contributed by atoms with Crippen molar-refractivity contribution in [1.82, 2.24) is 14.7 Å². The number of nitrogens with zero attached hydrogens (tertiary/aromatic N) is 3. The second-order valence-electron chi connectivity index (χ2n) is 9.65. The molecule has 34 heavy (non-hydrogen) atoms. The van der Waals surface area contributed by atoms with Gasteiger partial charge in [0.2, 0.25) is 5.91 Å². The van der Waals surface area contributed by atoms with Gasteiger partial charge in [-0.3, -0.25) is 14.6 Å². The number of hydrogen-bond donors (Lipinski definition) is 0. The van der Waals surface area contributed by atoms with Gasteiger partial charge in [-0.15, -0.1) is 0 Å². The van der Waals surface area contributed by atoms with E-state index in [1.807, 2.05) is 4.90 Å². The van der Waals surface area contributed by atoms with Crippen molar-refractivity contribution in [2.45, 2.75) is 45.2 Å². The lowest BCUT2D eigenvalue weighted by atomic mass is 9.96.